The molecule has 1 N–H and O–H groups in total. The van der Waals surface area contributed by atoms with Crippen molar-refractivity contribution < 1.29 is 22.4 Å². The first-order chi connectivity index (χ1) is 16.3. The second kappa shape index (κ2) is 10.2. The molecular weight excluding hydrogens is 459 g/mol. The predicted molar refractivity (Wildman–Crippen MR) is 125 cm³/mol. The van der Waals surface area contributed by atoms with Gasteiger partial charge in [0.15, 0.2) is 0 Å². The minimum Gasteiger partial charge on any atom is -0.338 e. The van der Waals surface area contributed by atoms with Gasteiger partial charge in [-0.2, -0.15) is 4.31 Å². The Morgan fingerprint density at radius 3 is 2.56 bits per heavy atom. The van der Waals surface area contributed by atoms with Gasteiger partial charge in [-0.3, -0.25) is 9.59 Å². The fourth-order valence-corrected chi connectivity index (χ4v) is 6.08. The van der Waals surface area contributed by atoms with E-state index in [0.29, 0.717) is 38.3 Å². The van der Waals surface area contributed by atoms with Gasteiger partial charge in [0.05, 0.1) is 5.92 Å². The molecule has 1 aromatic carbocycles. The highest BCUT2D eigenvalue weighted by Gasteiger charge is 2.32. The van der Waals surface area contributed by atoms with Gasteiger partial charge in [-0.1, -0.05) is 12.5 Å². The Morgan fingerprint density at radius 2 is 1.82 bits per heavy atom. The molecule has 0 aliphatic carbocycles. The van der Waals surface area contributed by atoms with E-state index in [0.717, 1.165) is 37.1 Å². The monoisotopic (exact) mass is 488 g/mol. The molecule has 3 heterocycles. The number of amides is 2. The maximum atomic E-state index is 14.5. The predicted octanol–water partition coefficient (Wildman–Crippen LogP) is 3.19. The van der Waals surface area contributed by atoms with Gasteiger partial charge in [0.2, 0.25) is 15.9 Å². The van der Waals surface area contributed by atoms with E-state index < -0.39 is 32.6 Å². The Balaban J connectivity index is 1.49. The summed E-state index contributed by atoms with van der Waals surface area (Å²) in [5.74, 6) is -1.47. The molecule has 10 heteroatoms. The lowest BCUT2D eigenvalue weighted by atomic mass is 9.96. The lowest BCUT2D eigenvalue weighted by Gasteiger charge is -2.32. The van der Waals surface area contributed by atoms with Crippen molar-refractivity contribution in [1.29, 1.82) is 0 Å². The van der Waals surface area contributed by atoms with Crippen LogP contribution in [0.3, 0.4) is 0 Å². The number of aryl methyl sites for hydroxylation is 1. The molecule has 2 saturated heterocycles. The number of hydrogen-bond donors (Lipinski definition) is 1. The second-order valence-corrected chi connectivity index (χ2v) is 10.8. The van der Waals surface area contributed by atoms with Crippen LogP contribution in [0.1, 0.15) is 48.2 Å². The van der Waals surface area contributed by atoms with Crippen LogP contribution in [0.4, 0.5) is 10.2 Å². The van der Waals surface area contributed by atoms with Crippen molar-refractivity contribution in [3.63, 3.8) is 0 Å². The van der Waals surface area contributed by atoms with Crippen molar-refractivity contribution >= 4 is 27.7 Å². The van der Waals surface area contributed by atoms with E-state index in [1.807, 2.05) is 13.0 Å². The van der Waals surface area contributed by atoms with E-state index in [4.69, 9.17) is 0 Å². The molecule has 2 amide bonds. The van der Waals surface area contributed by atoms with Crippen LogP contribution in [0.25, 0.3) is 0 Å². The normalized spacial score (nSPS) is 19.6. The van der Waals surface area contributed by atoms with Crippen LogP contribution in [0.5, 0.6) is 0 Å². The van der Waals surface area contributed by atoms with E-state index in [-0.39, 0.29) is 18.0 Å². The number of anilines is 1. The van der Waals surface area contributed by atoms with Crippen molar-refractivity contribution in [1.82, 2.24) is 14.2 Å². The van der Waals surface area contributed by atoms with Crippen LogP contribution < -0.4 is 5.32 Å². The minimum absolute atomic E-state index is 0.0957. The molecule has 8 nitrogen and oxygen atoms in total. The molecule has 0 unspecified atom stereocenters. The third kappa shape index (κ3) is 5.28. The average Bonchev–Trinajstić information content (AvgIpc) is 2.84. The van der Waals surface area contributed by atoms with Crippen LogP contribution in [0.15, 0.2) is 41.3 Å². The van der Waals surface area contributed by atoms with E-state index in [2.05, 4.69) is 10.3 Å². The Kier molecular flexibility index (Phi) is 7.27. The van der Waals surface area contributed by atoms with Crippen LogP contribution in [0, 0.1) is 18.7 Å². The molecule has 2 fully saturated rings. The number of nitrogens with zero attached hydrogens (tertiary/aromatic N) is 3. The summed E-state index contributed by atoms with van der Waals surface area (Å²) in [6.45, 7) is 3.16. The zero-order chi connectivity index (χ0) is 24.3. The third-order valence-corrected chi connectivity index (χ3v) is 8.24. The molecule has 1 atom stereocenters. The maximum Gasteiger partial charge on any atom is 0.253 e. The Labute approximate surface area is 199 Å². The topological polar surface area (TPSA) is 99.7 Å². The highest BCUT2D eigenvalue weighted by molar-refractivity contribution is 7.89. The number of nitrogens with one attached hydrogen (secondary N) is 1. The standard InChI is InChI=1S/C24H29FN4O4S/c1-17-7-5-9-22(26-17)27-23(30)19-8-6-12-28(16-19)24(31)18-10-11-20(25)21(15-18)34(32,33)29-13-3-2-4-14-29/h5,7,9-11,15,19H,2-4,6,8,12-14,16H2,1H3,(H,26,27,30)/t19-/m1/s1. The van der Waals surface area contributed by atoms with Gasteiger partial charge in [-0.25, -0.2) is 17.8 Å². The first-order valence-corrected chi connectivity index (χ1v) is 13.0. The van der Waals surface area contributed by atoms with Gasteiger partial charge in [0.1, 0.15) is 16.5 Å². The largest absolute Gasteiger partial charge is 0.338 e. The Morgan fingerprint density at radius 1 is 1.06 bits per heavy atom. The molecule has 1 aromatic heterocycles. The third-order valence-electron chi connectivity index (χ3n) is 6.33. The molecule has 4 rings (SSSR count). The van der Waals surface area contributed by atoms with Gasteiger partial charge >= 0.3 is 0 Å². The quantitative estimate of drug-likeness (QED) is 0.697. The lowest BCUT2D eigenvalue weighted by Crippen LogP contribution is -2.44. The number of aromatic nitrogens is 1. The SMILES string of the molecule is Cc1cccc(NC(=O)[C@@H]2CCCN(C(=O)c3ccc(F)c(S(=O)(=O)N4CCCCC4)c3)C2)n1. The van der Waals surface area contributed by atoms with Gasteiger partial charge in [0, 0.05) is 37.4 Å². The zero-order valence-electron chi connectivity index (χ0n) is 19.2. The van der Waals surface area contributed by atoms with Crippen molar-refractivity contribution in [2.75, 3.05) is 31.5 Å². The van der Waals surface area contributed by atoms with Crippen LogP contribution in [-0.4, -0.2) is 60.6 Å². The number of piperidine rings is 2. The molecule has 0 bridgehead atoms. The van der Waals surface area contributed by atoms with Crippen molar-refractivity contribution in [3.8, 4) is 0 Å². The molecule has 2 aliphatic rings. The Bertz CT molecular complexity index is 1180. The Hall–Kier alpha value is -2.85. The molecule has 2 aliphatic heterocycles. The summed E-state index contributed by atoms with van der Waals surface area (Å²) in [7, 11) is -4.03. The number of benzene rings is 1. The second-order valence-electron chi connectivity index (χ2n) is 8.85. The van der Waals surface area contributed by atoms with Crippen molar-refractivity contribution in [3.05, 3.63) is 53.5 Å². The van der Waals surface area contributed by atoms with Crippen molar-refractivity contribution in [2.24, 2.45) is 5.92 Å². The lowest BCUT2D eigenvalue weighted by molar-refractivity contribution is -0.121. The summed E-state index contributed by atoms with van der Waals surface area (Å²) in [6.07, 6.45) is 3.66. The molecule has 0 saturated carbocycles. The molecule has 182 valence electrons. The van der Waals surface area contributed by atoms with Crippen LogP contribution in [-0.2, 0) is 14.8 Å². The fourth-order valence-electron chi connectivity index (χ4n) is 4.48. The molecule has 2 aromatic rings. The summed E-state index contributed by atoms with van der Waals surface area (Å²) in [5, 5.41) is 2.80. The number of sulfonamides is 1. The number of likely N-dealkylation sites (tertiary alicyclic amines) is 1. The van der Waals surface area contributed by atoms with Gasteiger partial charge in [0.25, 0.3) is 5.91 Å². The van der Waals surface area contributed by atoms with Crippen LogP contribution >= 0.6 is 0 Å². The molecular formula is C24H29FN4O4S. The maximum absolute atomic E-state index is 14.5. The first-order valence-electron chi connectivity index (χ1n) is 11.6. The number of rotatable bonds is 5. The van der Waals surface area contributed by atoms with Gasteiger partial charge in [-0.15, -0.1) is 0 Å². The smallest absolute Gasteiger partial charge is 0.253 e. The number of pyridine rings is 1. The van der Waals surface area contributed by atoms with Gasteiger partial charge < -0.3 is 10.2 Å². The van der Waals surface area contributed by atoms with E-state index >= 15 is 0 Å². The zero-order valence-corrected chi connectivity index (χ0v) is 20.0. The number of halogens is 1. The molecule has 0 radical (unpaired) electrons. The summed E-state index contributed by atoms with van der Waals surface area (Å²) in [5.41, 5.74) is 0.878. The van der Waals surface area contributed by atoms with E-state index in [1.54, 1.807) is 12.1 Å². The van der Waals surface area contributed by atoms with Gasteiger partial charge in [-0.05, 0) is 62.9 Å². The number of carbonyl (C=O) groups is 2. The molecule has 34 heavy (non-hydrogen) atoms. The van der Waals surface area contributed by atoms with Crippen molar-refractivity contribution in [2.45, 2.75) is 43.9 Å². The summed E-state index contributed by atoms with van der Waals surface area (Å²) >= 11 is 0. The number of hydrogen-bond acceptors (Lipinski definition) is 5. The average molecular weight is 489 g/mol. The number of carbonyl (C=O) groups excluding carboxylic acids is 2. The molecule has 0 spiro atoms. The van der Waals surface area contributed by atoms with E-state index in [1.165, 1.54) is 15.3 Å². The minimum atomic E-state index is -4.03. The highest BCUT2D eigenvalue weighted by atomic mass is 32.2. The summed E-state index contributed by atoms with van der Waals surface area (Å²) in [4.78, 5) is 31.3. The summed E-state index contributed by atoms with van der Waals surface area (Å²) < 4.78 is 41.8. The summed E-state index contributed by atoms with van der Waals surface area (Å²) in [6, 6.07) is 8.80. The first kappa shape index (κ1) is 24.3. The van der Waals surface area contributed by atoms with Crippen LogP contribution in [0.2, 0.25) is 0 Å². The highest BCUT2D eigenvalue weighted by Crippen LogP contribution is 2.26. The fraction of sp³-hybridized carbons (Fsp3) is 0.458. The van der Waals surface area contributed by atoms with E-state index in [9.17, 15) is 22.4 Å².